The molecule has 1 aromatic rings. The first-order chi connectivity index (χ1) is 8.22. The Balaban J connectivity index is 2.67. The lowest BCUT2D eigenvalue weighted by molar-refractivity contribution is -0.140. The second-order valence-corrected chi connectivity index (χ2v) is 4.26. The fourth-order valence-electron chi connectivity index (χ4n) is 1.30. The van der Waals surface area contributed by atoms with E-state index in [-0.39, 0.29) is 5.97 Å². The molecule has 1 heterocycles. The van der Waals surface area contributed by atoms with Gasteiger partial charge in [-0.05, 0) is 6.42 Å². The zero-order chi connectivity index (χ0) is 12.7. The van der Waals surface area contributed by atoms with Gasteiger partial charge in [-0.2, -0.15) is 0 Å². The maximum Gasteiger partial charge on any atom is 0.306 e. The molecule has 7 heteroatoms. The van der Waals surface area contributed by atoms with Crippen molar-refractivity contribution in [2.45, 2.75) is 24.8 Å². The minimum atomic E-state index is -0.221. The van der Waals surface area contributed by atoms with Crippen molar-refractivity contribution < 1.29 is 9.53 Å². The molecule has 6 nitrogen and oxygen atoms in total. The van der Waals surface area contributed by atoms with Gasteiger partial charge in [0.1, 0.15) is 17.2 Å². The summed E-state index contributed by atoms with van der Waals surface area (Å²) < 4.78 is 4.57. The highest BCUT2D eigenvalue weighted by molar-refractivity contribution is 7.99. The second-order valence-electron chi connectivity index (χ2n) is 3.18. The quantitative estimate of drug-likeness (QED) is 0.258. The predicted octanol–water partition coefficient (Wildman–Crippen LogP) is 0.980. The first-order valence-electron chi connectivity index (χ1n) is 5.23. The summed E-state index contributed by atoms with van der Waals surface area (Å²) in [6, 6.07) is 0. The molecule has 0 bridgehead atoms. The molecule has 0 saturated carbocycles. The lowest BCUT2D eigenvalue weighted by atomic mass is 10.2. The molecule has 0 unspecified atom stereocenters. The Kier molecular flexibility index (Phi) is 5.71. The van der Waals surface area contributed by atoms with E-state index < -0.39 is 0 Å². The number of nitrogens with one attached hydrogen (secondary N) is 1. The highest BCUT2D eigenvalue weighted by Crippen LogP contribution is 2.25. The van der Waals surface area contributed by atoms with E-state index in [1.54, 1.807) is 0 Å². The number of rotatable bonds is 6. The van der Waals surface area contributed by atoms with E-state index in [1.807, 2.05) is 6.92 Å². The number of ether oxygens (including phenoxy) is 1. The molecular formula is C10H16N4O2S. The van der Waals surface area contributed by atoms with Crippen LogP contribution in [-0.4, -0.2) is 28.8 Å². The molecule has 94 valence electrons. The maximum absolute atomic E-state index is 11.0. The summed E-state index contributed by atoms with van der Waals surface area (Å²) in [6.07, 6.45) is 2.59. The molecular weight excluding hydrogens is 240 g/mol. The number of hydrogen-bond donors (Lipinski definition) is 2. The minimum absolute atomic E-state index is 0.221. The van der Waals surface area contributed by atoms with Gasteiger partial charge >= 0.3 is 5.97 Å². The molecule has 0 aliphatic rings. The van der Waals surface area contributed by atoms with Crippen molar-refractivity contribution in [3.63, 3.8) is 0 Å². The minimum Gasteiger partial charge on any atom is -0.469 e. The average molecular weight is 256 g/mol. The summed E-state index contributed by atoms with van der Waals surface area (Å²) in [5.74, 6) is 6.40. The van der Waals surface area contributed by atoms with Crippen LogP contribution in [0.2, 0.25) is 0 Å². The monoisotopic (exact) mass is 256 g/mol. The Morgan fingerprint density at radius 2 is 2.35 bits per heavy atom. The third-order valence-electron chi connectivity index (χ3n) is 2.17. The van der Waals surface area contributed by atoms with Gasteiger partial charge in [-0.3, -0.25) is 4.79 Å². The Morgan fingerprint density at radius 1 is 1.59 bits per heavy atom. The molecule has 0 aliphatic carbocycles. The number of aromatic nitrogens is 2. The van der Waals surface area contributed by atoms with E-state index >= 15 is 0 Å². The predicted molar refractivity (Wildman–Crippen MR) is 66.6 cm³/mol. The number of thioether (sulfide) groups is 1. The summed E-state index contributed by atoms with van der Waals surface area (Å²) >= 11 is 1.50. The summed E-state index contributed by atoms with van der Waals surface area (Å²) in [6.45, 7) is 2.00. The summed E-state index contributed by atoms with van der Waals surface area (Å²) in [5.41, 5.74) is 3.50. The highest BCUT2D eigenvalue weighted by atomic mass is 32.2. The van der Waals surface area contributed by atoms with E-state index in [0.717, 1.165) is 17.0 Å². The Labute approximate surface area is 104 Å². The average Bonchev–Trinajstić information content (AvgIpc) is 2.37. The van der Waals surface area contributed by atoms with E-state index in [1.165, 1.54) is 25.2 Å². The van der Waals surface area contributed by atoms with Crippen LogP contribution in [0.4, 0.5) is 5.82 Å². The Bertz CT molecular complexity index is 387. The van der Waals surface area contributed by atoms with Gasteiger partial charge in [0, 0.05) is 11.3 Å². The molecule has 0 aromatic carbocycles. The topological polar surface area (TPSA) is 90.1 Å². The number of carbonyl (C=O) groups excluding carboxylic acids is 1. The standard InChI is InChI=1S/C10H16N4O2S/c1-3-7-9(14-11)12-6-13-10(7)17-5-4-8(15)16-2/h6H,3-5,11H2,1-2H3,(H,12,13,14). The van der Waals surface area contributed by atoms with Crippen molar-refractivity contribution in [3.05, 3.63) is 11.9 Å². The lowest BCUT2D eigenvalue weighted by Crippen LogP contribution is -2.12. The SMILES string of the molecule is CCc1c(NN)ncnc1SCCC(=O)OC. The number of nitrogen functional groups attached to an aromatic ring is 1. The summed E-state index contributed by atoms with van der Waals surface area (Å²) in [5, 5.41) is 0.847. The van der Waals surface area contributed by atoms with Crippen LogP contribution < -0.4 is 11.3 Å². The van der Waals surface area contributed by atoms with Gasteiger partial charge in [0.05, 0.1) is 13.5 Å². The fraction of sp³-hybridized carbons (Fsp3) is 0.500. The first-order valence-corrected chi connectivity index (χ1v) is 6.21. The number of esters is 1. The smallest absolute Gasteiger partial charge is 0.306 e. The van der Waals surface area contributed by atoms with Crippen LogP contribution in [0.25, 0.3) is 0 Å². The van der Waals surface area contributed by atoms with Crippen LogP contribution in [0.3, 0.4) is 0 Å². The van der Waals surface area contributed by atoms with E-state index in [4.69, 9.17) is 5.84 Å². The molecule has 0 atom stereocenters. The van der Waals surface area contributed by atoms with Gasteiger partial charge < -0.3 is 10.2 Å². The van der Waals surface area contributed by atoms with Gasteiger partial charge in [-0.25, -0.2) is 15.8 Å². The van der Waals surface area contributed by atoms with Gasteiger partial charge in [0.15, 0.2) is 0 Å². The number of carbonyl (C=O) groups is 1. The van der Waals surface area contributed by atoms with Crippen LogP contribution in [0.1, 0.15) is 18.9 Å². The molecule has 0 spiro atoms. The third-order valence-corrected chi connectivity index (χ3v) is 3.20. The molecule has 1 rings (SSSR count). The van der Waals surface area contributed by atoms with Crippen LogP contribution in [-0.2, 0) is 16.0 Å². The number of nitrogens with two attached hydrogens (primary N) is 1. The van der Waals surface area contributed by atoms with Crippen LogP contribution in [0.15, 0.2) is 11.4 Å². The zero-order valence-electron chi connectivity index (χ0n) is 9.90. The molecule has 3 N–H and O–H groups in total. The van der Waals surface area contributed by atoms with Gasteiger partial charge in [-0.15, -0.1) is 11.8 Å². The van der Waals surface area contributed by atoms with Crippen molar-refractivity contribution in [2.24, 2.45) is 5.84 Å². The number of hydrogen-bond acceptors (Lipinski definition) is 7. The molecule has 0 fully saturated rings. The summed E-state index contributed by atoms with van der Waals surface area (Å²) in [7, 11) is 1.38. The van der Waals surface area contributed by atoms with Gasteiger partial charge in [-0.1, -0.05) is 6.92 Å². The van der Waals surface area contributed by atoms with E-state index in [9.17, 15) is 4.79 Å². The number of methoxy groups -OCH3 is 1. The van der Waals surface area contributed by atoms with Gasteiger partial charge in [0.25, 0.3) is 0 Å². The van der Waals surface area contributed by atoms with Crippen molar-refractivity contribution in [1.29, 1.82) is 0 Å². The first kappa shape index (κ1) is 13.7. The number of anilines is 1. The second kappa shape index (κ2) is 7.08. The van der Waals surface area contributed by atoms with Gasteiger partial charge in [0.2, 0.25) is 0 Å². The molecule has 0 saturated heterocycles. The van der Waals surface area contributed by atoms with Crippen molar-refractivity contribution in [2.75, 3.05) is 18.3 Å². The van der Waals surface area contributed by atoms with Crippen molar-refractivity contribution >= 4 is 23.5 Å². The number of hydrazine groups is 1. The molecule has 0 amide bonds. The highest BCUT2D eigenvalue weighted by Gasteiger charge is 2.10. The van der Waals surface area contributed by atoms with Crippen LogP contribution >= 0.6 is 11.8 Å². The van der Waals surface area contributed by atoms with Crippen LogP contribution in [0.5, 0.6) is 0 Å². The molecule has 0 aliphatic heterocycles. The largest absolute Gasteiger partial charge is 0.469 e. The Hall–Kier alpha value is -1.34. The summed E-state index contributed by atoms with van der Waals surface area (Å²) in [4.78, 5) is 19.2. The fourth-order valence-corrected chi connectivity index (χ4v) is 2.30. The van der Waals surface area contributed by atoms with Crippen LogP contribution in [0, 0.1) is 0 Å². The lowest BCUT2D eigenvalue weighted by Gasteiger charge is -2.09. The van der Waals surface area contributed by atoms with E-state index in [0.29, 0.717) is 18.0 Å². The normalized spacial score (nSPS) is 10.1. The zero-order valence-corrected chi connectivity index (χ0v) is 10.7. The van der Waals surface area contributed by atoms with Crippen molar-refractivity contribution in [1.82, 2.24) is 9.97 Å². The maximum atomic E-state index is 11.0. The molecule has 17 heavy (non-hydrogen) atoms. The Morgan fingerprint density at radius 3 is 2.94 bits per heavy atom. The van der Waals surface area contributed by atoms with E-state index in [2.05, 4.69) is 20.1 Å². The third kappa shape index (κ3) is 3.86. The van der Waals surface area contributed by atoms with Crippen molar-refractivity contribution in [3.8, 4) is 0 Å². The molecule has 0 radical (unpaired) electrons. The molecule has 1 aromatic heterocycles. The number of nitrogens with zero attached hydrogens (tertiary/aromatic N) is 2.